The highest BCUT2D eigenvalue weighted by Gasteiger charge is 2.42. The number of phenolic OH excluding ortho intramolecular Hbond substituents is 1. The number of phenols is 1. The third kappa shape index (κ3) is 3.06. The van der Waals surface area contributed by atoms with Gasteiger partial charge in [-0.2, -0.15) is 13.2 Å². The Kier molecular flexibility index (Phi) is 4.47. The summed E-state index contributed by atoms with van der Waals surface area (Å²) in [7, 11) is -2.47. The average Bonchev–Trinajstić information content (AvgIpc) is 2.68. The Bertz CT molecular complexity index is 1200. The molecule has 0 aromatic heterocycles. The number of aromatic hydroxyl groups is 1. The number of fused-ring (bicyclic) bond motifs is 2. The van der Waals surface area contributed by atoms with Crippen LogP contribution in [0.5, 0.6) is 5.75 Å². The Morgan fingerprint density at radius 1 is 1.00 bits per heavy atom. The van der Waals surface area contributed by atoms with Crippen LogP contribution in [0.3, 0.4) is 0 Å². The average molecular weight is 426 g/mol. The van der Waals surface area contributed by atoms with Crippen LogP contribution in [0.15, 0.2) is 65.4 Å². The zero-order valence-electron chi connectivity index (χ0n) is 16.2. The van der Waals surface area contributed by atoms with Gasteiger partial charge in [-0.15, -0.1) is 0 Å². The van der Waals surface area contributed by atoms with E-state index in [9.17, 15) is 27.9 Å². The smallest absolute Gasteiger partial charge is 0.417 e. The number of rotatable bonds is 2. The van der Waals surface area contributed by atoms with Gasteiger partial charge in [0.05, 0.1) is 5.56 Å². The van der Waals surface area contributed by atoms with Crippen molar-refractivity contribution in [2.45, 2.75) is 19.3 Å². The molecule has 1 N–H and O–H groups in total. The van der Waals surface area contributed by atoms with Gasteiger partial charge >= 0.3 is 6.18 Å². The lowest BCUT2D eigenvalue weighted by molar-refractivity contribution is -0.137. The largest absolute Gasteiger partial charge is 0.508 e. The van der Waals surface area contributed by atoms with Gasteiger partial charge in [-0.1, -0.05) is 37.4 Å². The molecule has 2 aromatic rings. The Hall–Kier alpha value is -3.19. The second kappa shape index (κ2) is 6.67. The predicted octanol–water partition coefficient (Wildman–Crippen LogP) is 4.56. The molecular weight excluding hydrogens is 409 g/mol. The normalized spacial score (nSPS) is 17.4. The second-order valence-corrected chi connectivity index (χ2v) is 12.2. The standard InChI is InChI=1S/C23H17F3O3Si/c1-30(2)20-10-14(28)4-7-17(20)22(18-8-5-15(29)11-21(18)30)16-6-3-13(12-27)9-19(16)23(24,25)26/h3-12,28H,1-2H3. The SMILES string of the molecule is C[Si]1(C)C2=CC(=O)C=CC2=C(c2ccc(C=O)cc2C(F)(F)F)c2ccc(O)cc21. The minimum Gasteiger partial charge on any atom is -0.508 e. The van der Waals surface area contributed by atoms with Crippen LogP contribution < -0.4 is 5.19 Å². The van der Waals surface area contributed by atoms with E-state index in [4.69, 9.17) is 0 Å². The van der Waals surface area contributed by atoms with Crippen LogP contribution in [-0.4, -0.2) is 25.2 Å². The highest BCUT2D eigenvalue weighted by atomic mass is 28.3. The van der Waals surface area contributed by atoms with Crippen molar-refractivity contribution in [2.75, 3.05) is 0 Å². The van der Waals surface area contributed by atoms with E-state index in [1.54, 1.807) is 18.2 Å². The topological polar surface area (TPSA) is 54.4 Å². The molecule has 152 valence electrons. The van der Waals surface area contributed by atoms with Crippen molar-refractivity contribution in [2.24, 2.45) is 0 Å². The van der Waals surface area contributed by atoms with Crippen molar-refractivity contribution in [1.82, 2.24) is 0 Å². The molecule has 0 spiro atoms. The highest BCUT2D eigenvalue weighted by Crippen LogP contribution is 2.45. The summed E-state index contributed by atoms with van der Waals surface area (Å²) in [6, 6.07) is 8.14. The fourth-order valence-corrected chi connectivity index (χ4v) is 7.26. The minimum absolute atomic E-state index is 0.0164. The molecule has 4 rings (SSSR count). The molecule has 1 aliphatic heterocycles. The number of hydrogen-bond donors (Lipinski definition) is 1. The van der Waals surface area contributed by atoms with Gasteiger partial charge in [0.1, 0.15) is 20.1 Å². The second-order valence-electron chi connectivity index (χ2n) is 7.86. The van der Waals surface area contributed by atoms with Gasteiger partial charge in [-0.05, 0) is 63.0 Å². The van der Waals surface area contributed by atoms with Crippen LogP contribution in [0.4, 0.5) is 13.2 Å². The first kappa shape index (κ1) is 20.1. The van der Waals surface area contributed by atoms with Crippen LogP contribution in [0.2, 0.25) is 13.1 Å². The number of carbonyl (C=O) groups excluding carboxylic acids is 2. The maximum atomic E-state index is 13.9. The summed E-state index contributed by atoms with van der Waals surface area (Å²) in [4.78, 5) is 23.2. The Morgan fingerprint density at radius 3 is 2.37 bits per heavy atom. The molecular formula is C23H17F3O3Si. The molecule has 0 radical (unpaired) electrons. The van der Waals surface area contributed by atoms with Gasteiger partial charge in [0, 0.05) is 5.56 Å². The third-order valence-electron chi connectivity index (χ3n) is 5.63. The zero-order valence-corrected chi connectivity index (χ0v) is 17.2. The lowest BCUT2D eigenvalue weighted by Crippen LogP contribution is -2.49. The van der Waals surface area contributed by atoms with E-state index in [0.717, 1.165) is 16.4 Å². The van der Waals surface area contributed by atoms with Crippen molar-refractivity contribution < 1.29 is 27.9 Å². The first-order chi connectivity index (χ1) is 14.0. The molecule has 0 atom stereocenters. The number of aldehydes is 1. The van der Waals surface area contributed by atoms with Gasteiger partial charge in [0.15, 0.2) is 5.78 Å². The fraction of sp³-hybridized carbons (Fsp3) is 0.130. The van der Waals surface area contributed by atoms with Crippen molar-refractivity contribution >= 4 is 30.9 Å². The Balaban J connectivity index is 2.14. The highest BCUT2D eigenvalue weighted by molar-refractivity contribution is 6.98. The van der Waals surface area contributed by atoms with E-state index in [-0.39, 0.29) is 22.7 Å². The van der Waals surface area contributed by atoms with Crippen LogP contribution in [-0.2, 0) is 11.0 Å². The number of halogens is 3. The molecule has 2 aromatic carbocycles. The van der Waals surface area contributed by atoms with E-state index < -0.39 is 19.8 Å². The molecule has 0 amide bonds. The third-order valence-corrected chi connectivity index (χ3v) is 9.15. The summed E-state index contributed by atoms with van der Waals surface area (Å²) in [6.07, 6.45) is 0.111. The predicted molar refractivity (Wildman–Crippen MR) is 110 cm³/mol. The number of carbonyl (C=O) groups is 2. The van der Waals surface area contributed by atoms with Gasteiger partial charge in [-0.3, -0.25) is 9.59 Å². The summed E-state index contributed by atoms with van der Waals surface area (Å²) in [6.45, 7) is 4.00. The molecule has 0 bridgehead atoms. The van der Waals surface area contributed by atoms with Gasteiger partial charge in [0.2, 0.25) is 0 Å². The first-order valence-corrected chi connectivity index (χ1v) is 12.2. The monoisotopic (exact) mass is 426 g/mol. The van der Waals surface area contributed by atoms with E-state index in [1.807, 2.05) is 13.1 Å². The number of ketones is 1. The molecule has 7 heteroatoms. The maximum Gasteiger partial charge on any atom is 0.417 e. The lowest BCUT2D eigenvalue weighted by atomic mass is 9.86. The molecule has 3 nitrogen and oxygen atoms in total. The van der Waals surface area contributed by atoms with Crippen molar-refractivity contribution in [3.05, 3.63) is 87.6 Å². The van der Waals surface area contributed by atoms with Gasteiger partial charge in [0.25, 0.3) is 0 Å². The summed E-state index contributed by atoms with van der Waals surface area (Å²) in [5.41, 5.74) is 0.465. The summed E-state index contributed by atoms with van der Waals surface area (Å²) >= 11 is 0. The van der Waals surface area contributed by atoms with E-state index in [2.05, 4.69) is 0 Å². The van der Waals surface area contributed by atoms with E-state index in [0.29, 0.717) is 23.0 Å². The fourth-order valence-electron chi connectivity index (χ4n) is 4.19. The zero-order chi connectivity index (χ0) is 21.8. The van der Waals surface area contributed by atoms with Crippen LogP contribution >= 0.6 is 0 Å². The Morgan fingerprint density at radius 2 is 1.70 bits per heavy atom. The Labute approximate surface area is 171 Å². The summed E-state index contributed by atoms with van der Waals surface area (Å²) in [5.74, 6) is -0.202. The molecule has 0 saturated heterocycles. The lowest BCUT2D eigenvalue weighted by Gasteiger charge is -2.38. The van der Waals surface area contributed by atoms with Crippen LogP contribution in [0.1, 0.15) is 27.0 Å². The minimum atomic E-state index is -4.68. The summed E-state index contributed by atoms with van der Waals surface area (Å²) in [5, 5.41) is 11.5. The number of alkyl halides is 3. The maximum absolute atomic E-state index is 13.9. The first-order valence-electron chi connectivity index (χ1n) is 9.23. The molecule has 0 saturated carbocycles. The molecule has 1 aliphatic carbocycles. The molecule has 0 unspecified atom stereocenters. The van der Waals surface area contributed by atoms with E-state index >= 15 is 0 Å². The molecule has 2 aliphatic rings. The summed E-state index contributed by atoms with van der Waals surface area (Å²) < 4.78 is 41.8. The number of allylic oxidation sites excluding steroid dienone is 5. The van der Waals surface area contributed by atoms with Gasteiger partial charge in [-0.25, -0.2) is 0 Å². The molecule has 1 heterocycles. The van der Waals surface area contributed by atoms with Crippen molar-refractivity contribution in [3.63, 3.8) is 0 Å². The van der Waals surface area contributed by atoms with Crippen molar-refractivity contribution in [3.8, 4) is 5.75 Å². The number of benzene rings is 2. The van der Waals surface area contributed by atoms with Crippen molar-refractivity contribution in [1.29, 1.82) is 0 Å². The molecule has 30 heavy (non-hydrogen) atoms. The van der Waals surface area contributed by atoms with Crippen LogP contribution in [0.25, 0.3) is 5.57 Å². The van der Waals surface area contributed by atoms with Crippen LogP contribution in [0, 0.1) is 0 Å². The number of hydrogen-bond acceptors (Lipinski definition) is 3. The molecule has 0 fully saturated rings. The van der Waals surface area contributed by atoms with Gasteiger partial charge < -0.3 is 5.11 Å². The van der Waals surface area contributed by atoms with E-state index in [1.165, 1.54) is 30.4 Å². The quantitative estimate of drug-likeness (QED) is 0.566.